The van der Waals surface area contributed by atoms with Gasteiger partial charge in [-0.2, -0.15) is 5.26 Å². The summed E-state index contributed by atoms with van der Waals surface area (Å²) >= 11 is 1.45. The predicted octanol–water partition coefficient (Wildman–Crippen LogP) is 3.01. The maximum absolute atomic E-state index is 8.80. The molecule has 0 spiro atoms. The highest BCUT2D eigenvalue weighted by molar-refractivity contribution is 7.19. The van der Waals surface area contributed by atoms with E-state index < -0.39 is 0 Å². The van der Waals surface area contributed by atoms with Crippen LogP contribution in [0.1, 0.15) is 18.9 Å². The first-order valence-electron chi connectivity index (χ1n) is 5.34. The van der Waals surface area contributed by atoms with Crippen LogP contribution >= 0.6 is 11.3 Å². The first-order chi connectivity index (χ1) is 7.78. The Kier molecular flexibility index (Phi) is 3.07. The number of hydrogen-bond donors (Lipinski definition) is 0. The van der Waals surface area contributed by atoms with Crippen LogP contribution in [0, 0.1) is 11.3 Å². The fourth-order valence-electron chi connectivity index (χ4n) is 1.75. The summed E-state index contributed by atoms with van der Waals surface area (Å²) in [5.74, 6) is 0. The third kappa shape index (κ3) is 1.86. The maximum Gasteiger partial charge on any atom is 0.195 e. The molecular weight excluding hydrogens is 218 g/mol. The van der Waals surface area contributed by atoms with Crippen LogP contribution in [0.25, 0.3) is 10.2 Å². The van der Waals surface area contributed by atoms with E-state index in [0.29, 0.717) is 5.01 Å². The fraction of sp³-hybridized carbons (Fsp3) is 0.333. The summed E-state index contributed by atoms with van der Waals surface area (Å²) in [4.78, 5) is 6.51. The van der Waals surface area contributed by atoms with Gasteiger partial charge in [0.1, 0.15) is 6.07 Å². The molecule has 0 saturated carbocycles. The van der Waals surface area contributed by atoms with E-state index in [1.54, 1.807) is 0 Å². The molecule has 0 aliphatic heterocycles. The maximum atomic E-state index is 8.80. The molecule has 1 aromatic heterocycles. The molecule has 1 heterocycles. The molecular formula is C12H13N3S. The van der Waals surface area contributed by atoms with Gasteiger partial charge in [0.15, 0.2) is 5.01 Å². The normalized spacial score (nSPS) is 10.3. The Morgan fingerprint density at radius 1 is 1.38 bits per heavy atom. The van der Waals surface area contributed by atoms with E-state index in [1.165, 1.54) is 17.0 Å². The number of fused-ring (bicyclic) bond motifs is 1. The smallest absolute Gasteiger partial charge is 0.195 e. The number of thiazole rings is 1. The highest BCUT2D eigenvalue weighted by Crippen LogP contribution is 2.26. The molecule has 0 unspecified atom stereocenters. The molecule has 0 bridgehead atoms. The van der Waals surface area contributed by atoms with Gasteiger partial charge in [-0.25, -0.2) is 4.98 Å². The monoisotopic (exact) mass is 231 g/mol. The van der Waals surface area contributed by atoms with Crippen LogP contribution in [-0.2, 0) is 0 Å². The van der Waals surface area contributed by atoms with Crippen molar-refractivity contribution in [1.29, 1.82) is 5.26 Å². The Labute approximate surface area is 99.0 Å². The van der Waals surface area contributed by atoms with Crippen molar-refractivity contribution in [2.24, 2.45) is 0 Å². The summed E-state index contributed by atoms with van der Waals surface area (Å²) in [5.41, 5.74) is 2.11. The van der Waals surface area contributed by atoms with Crippen LogP contribution in [0.5, 0.6) is 0 Å². The van der Waals surface area contributed by atoms with E-state index in [4.69, 9.17) is 5.26 Å². The lowest BCUT2D eigenvalue weighted by atomic mass is 10.2. The highest BCUT2D eigenvalue weighted by atomic mass is 32.1. The van der Waals surface area contributed by atoms with E-state index in [0.717, 1.165) is 23.3 Å². The molecule has 82 valence electrons. The standard InChI is InChI=1S/C12H13N3S/c1-3-15(4-2)9-5-6-10-11(7-9)16-12(8-13)14-10/h5-7H,3-4H2,1-2H3. The van der Waals surface area contributed by atoms with Gasteiger partial charge in [0.25, 0.3) is 0 Å². The van der Waals surface area contributed by atoms with E-state index in [-0.39, 0.29) is 0 Å². The summed E-state index contributed by atoms with van der Waals surface area (Å²) in [6.07, 6.45) is 0. The van der Waals surface area contributed by atoms with Crippen LogP contribution in [0.2, 0.25) is 0 Å². The van der Waals surface area contributed by atoms with E-state index in [9.17, 15) is 0 Å². The van der Waals surface area contributed by atoms with Crippen LogP contribution in [0.15, 0.2) is 18.2 Å². The summed E-state index contributed by atoms with van der Waals surface area (Å²) in [6, 6.07) is 8.25. The van der Waals surface area contributed by atoms with Crippen LogP contribution in [0.4, 0.5) is 5.69 Å². The highest BCUT2D eigenvalue weighted by Gasteiger charge is 2.06. The second-order valence-electron chi connectivity index (χ2n) is 3.46. The van der Waals surface area contributed by atoms with Crippen molar-refractivity contribution in [2.45, 2.75) is 13.8 Å². The van der Waals surface area contributed by atoms with Gasteiger partial charge < -0.3 is 4.90 Å². The Morgan fingerprint density at radius 2 is 2.12 bits per heavy atom. The van der Waals surface area contributed by atoms with Crippen molar-refractivity contribution in [1.82, 2.24) is 4.98 Å². The molecule has 0 atom stereocenters. The molecule has 0 N–H and O–H groups in total. The topological polar surface area (TPSA) is 39.9 Å². The first kappa shape index (κ1) is 10.9. The second kappa shape index (κ2) is 4.50. The lowest BCUT2D eigenvalue weighted by Crippen LogP contribution is -2.21. The molecule has 0 radical (unpaired) electrons. The lowest BCUT2D eigenvalue weighted by molar-refractivity contribution is 0.867. The summed E-state index contributed by atoms with van der Waals surface area (Å²) in [6.45, 7) is 6.26. The van der Waals surface area contributed by atoms with Crippen LogP contribution in [0.3, 0.4) is 0 Å². The van der Waals surface area contributed by atoms with Gasteiger partial charge in [0.2, 0.25) is 0 Å². The minimum Gasteiger partial charge on any atom is -0.372 e. The number of hydrogen-bond acceptors (Lipinski definition) is 4. The molecule has 16 heavy (non-hydrogen) atoms. The molecule has 1 aromatic carbocycles. The number of anilines is 1. The SMILES string of the molecule is CCN(CC)c1ccc2nc(C#N)sc2c1. The van der Waals surface area contributed by atoms with Crippen molar-refractivity contribution in [3.05, 3.63) is 23.2 Å². The van der Waals surface area contributed by atoms with Crippen LogP contribution in [-0.4, -0.2) is 18.1 Å². The Hall–Kier alpha value is -1.60. The van der Waals surface area contributed by atoms with E-state index >= 15 is 0 Å². The second-order valence-corrected chi connectivity index (χ2v) is 4.49. The third-order valence-corrected chi connectivity index (χ3v) is 3.52. The number of nitrogens with zero attached hydrogens (tertiary/aromatic N) is 3. The van der Waals surface area contributed by atoms with Crippen molar-refractivity contribution >= 4 is 27.2 Å². The van der Waals surface area contributed by atoms with Gasteiger partial charge in [-0.1, -0.05) is 0 Å². The van der Waals surface area contributed by atoms with Gasteiger partial charge >= 0.3 is 0 Å². The van der Waals surface area contributed by atoms with Crippen molar-refractivity contribution in [3.63, 3.8) is 0 Å². The molecule has 2 aromatic rings. The van der Waals surface area contributed by atoms with E-state index in [1.807, 2.05) is 6.07 Å². The van der Waals surface area contributed by atoms with Gasteiger partial charge in [-0.05, 0) is 32.0 Å². The van der Waals surface area contributed by atoms with Crippen molar-refractivity contribution < 1.29 is 0 Å². The number of nitriles is 1. The minimum atomic E-state index is 0.534. The number of aromatic nitrogens is 1. The molecule has 0 aliphatic carbocycles. The average Bonchev–Trinajstić information content (AvgIpc) is 2.73. The van der Waals surface area contributed by atoms with Crippen molar-refractivity contribution in [3.8, 4) is 6.07 Å². The minimum absolute atomic E-state index is 0.534. The molecule has 2 rings (SSSR count). The summed E-state index contributed by atoms with van der Waals surface area (Å²) < 4.78 is 1.08. The van der Waals surface area contributed by atoms with Crippen molar-refractivity contribution in [2.75, 3.05) is 18.0 Å². The average molecular weight is 231 g/mol. The number of benzene rings is 1. The van der Waals surface area contributed by atoms with Gasteiger partial charge in [-0.15, -0.1) is 11.3 Å². The lowest BCUT2D eigenvalue weighted by Gasteiger charge is -2.20. The Morgan fingerprint density at radius 3 is 2.75 bits per heavy atom. The molecule has 0 saturated heterocycles. The predicted molar refractivity (Wildman–Crippen MR) is 67.9 cm³/mol. The van der Waals surface area contributed by atoms with Gasteiger partial charge in [0, 0.05) is 18.8 Å². The molecule has 0 fully saturated rings. The summed E-state index contributed by atoms with van der Waals surface area (Å²) in [7, 11) is 0. The molecule has 0 aliphatic rings. The zero-order chi connectivity index (χ0) is 11.5. The zero-order valence-electron chi connectivity index (χ0n) is 9.40. The molecule has 4 heteroatoms. The zero-order valence-corrected chi connectivity index (χ0v) is 10.2. The first-order valence-corrected chi connectivity index (χ1v) is 6.15. The quantitative estimate of drug-likeness (QED) is 0.815. The number of rotatable bonds is 3. The largest absolute Gasteiger partial charge is 0.372 e. The molecule has 3 nitrogen and oxygen atoms in total. The van der Waals surface area contributed by atoms with Gasteiger partial charge in [0.05, 0.1) is 10.2 Å². The van der Waals surface area contributed by atoms with E-state index in [2.05, 4.69) is 41.9 Å². The summed E-state index contributed by atoms with van der Waals surface area (Å²) in [5, 5.41) is 9.33. The Bertz CT molecular complexity index is 535. The fourth-order valence-corrected chi connectivity index (χ4v) is 2.54. The molecule has 0 amide bonds. The van der Waals surface area contributed by atoms with Crippen LogP contribution < -0.4 is 4.90 Å². The Balaban J connectivity index is 2.47. The third-order valence-electron chi connectivity index (χ3n) is 2.60. The van der Waals surface area contributed by atoms with Gasteiger partial charge in [-0.3, -0.25) is 0 Å².